The molecule has 0 radical (unpaired) electrons. The Balaban J connectivity index is 2.43. The van der Waals surface area contributed by atoms with Crippen LogP contribution in [0.25, 0.3) is 0 Å². The molecule has 0 aliphatic carbocycles. The van der Waals surface area contributed by atoms with Crippen molar-refractivity contribution < 1.29 is 24.3 Å². The van der Waals surface area contributed by atoms with Crippen molar-refractivity contribution >= 4 is 13.6 Å². The van der Waals surface area contributed by atoms with E-state index >= 15 is 0 Å². The van der Waals surface area contributed by atoms with Crippen LogP contribution in [0.1, 0.15) is 12.8 Å². The highest BCUT2D eigenvalue weighted by Gasteiger charge is 2.24. The number of hydrogen-bond donors (Lipinski definition) is 4. The number of hydrogen-bond acceptors (Lipinski definition) is 3. The standard InChI is InChI=1S/C9H16NO5P/c11-9(12)8-6-7(3-4-10-8)2-1-5-16(13,14)15/h1-2,7-8,10H,3-6H2,(H,11,12)(H2,13,14,15)/t7-,8+/m0/s1. The molecule has 16 heavy (non-hydrogen) atoms. The quantitative estimate of drug-likeness (QED) is 0.418. The van der Waals surface area contributed by atoms with Gasteiger partial charge in [-0.2, -0.15) is 0 Å². The molecule has 92 valence electrons. The molecule has 7 heteroatoms. The van der Waals surface area contributed by atoms with E-state index in [0.29, 0.717) is 13.0 Å². The zero-order valence-electron chi connectivity index (χ0n) is 8.74. The van der Waals surface area contributed by atoms with Gasteiger partial charge >= 0.3 is 13.6 Å². The van der Waals surface area contributed by atoms with E-state index < -0.39 is 19.6 Å². The normalized spacial score (nSPS) is 27.1. The van der Waals surface area contributed by atoms with Gasteiger partial charge in [0.2, 0.25) is 0 Å². The average Bonchev–Trinajstić information content (AvgIpc) is 2.16. The Morgan fingerprint density at radius 2 is 2.19 bits per heavy atom. The van der Waals surface area contributed by atoms with Gasteiger partial charge in [0.25, 0.3) is 0 Å². The highest BCUT2D eigenvalue weighted by atomic mass is 31.2. The molecule has 0 aromatic rings. The minimum Gasteiger partial charge on any atom is -0.480 e. The lowest BCUT2D eigenvalue weighted by Gasteiger charge is -2.25. The third-order valence-electron chi connectivity index (χ3n) is 2.49. The van der Waals surface area contributed by atoms with Crippen LogP contribution >= 0.6 is 7.60 Å². The van der Waals surface area contributed by atoms with E-state index in [-0.39, 0.29) is 12.1 Å². The summed E-state index contributed by atoms with van der Waals surface area (Å²) in [7, 11) is -3.99. The number of carbonyl (C=O) groups is 1. The second-order valence-corrected chi connectivity index (χ2v) is 5.60. The van der Waals surface area contributed by atoms with Crippen LogP contribution in [0.2, 0.25) is 0 Å². The number of rotatable bonds is 4. The number of nitrogens with one attached hydrogen (secondary N) is 1. The molecule has 0 bridgehead atoms. The van der Waals surface area contributed by atoms with E-state index in [1.807, 2.05) is 0 Å². The minimum absolute atomic E-state index is 0.0777. The summed E-state index contributed by atoms with van der Waals surface area (Å²) in [5.41, 5.74) is 0. The van der Waals surface area contributed by atoms with Gasteiger partial charge in [-0.1, -0.05) is 12.2 Å². The predicted molar refractivity (Wildman–Crippen MR) is 58.2 cm³/mol. The third-order valence-corrected chi connectivity index (χ3v) is 3.18. The van der Waals surface area contributed by atoms with Crippen molar-refractivity contribution in [3.63, 3.8) is 0 Å². The number of aliphatic carboxylic acids is 1. The van der Waals surface area contributed by atoms with Gasteiger partial charge in [-0.25, -0.2) is 0 Å². The number of carboxylic acids is 1. The van der Waals surface area contributed by atoms with E-state index in [2.05, 4.69) is 5.32 Å². The number of carboxylic acid groups (broad SMARTS) is 1. The summed E-state index contributed by atoms with van der Waals surface area (Å²) in [4.78, 5) is 28.0. The summed E-state index contributed by atoms with van der Waals surface area (Å²) in [5, 5.41) is 11.7. The molecule has 0 aromatic carbocycles. The summed E-state index contributed by atoms with van der Waals surface area (Å²) in [6, 6.07) is -0.557. The number of allylic oxidation sites excluding steroid dienone is 2. The Labute approximate surface area is 93.5 Å². The first-order chi connectivity index (χ1) is 7.38. The Hall–Kier alpha value is -0.680. The van der Waals surface area contributed by atoms with Crippen molar-refractivity contribution in [1.82, 2.24) is 5.32 Å². The molecule has 2 atom stereocenters. The first kappa shape index (κ1) is 13.4. The van der Waals surface area contributed by atoms with Gasteiger partial charge in [0.1, 0.15) is 6.04 Å². The van der Waals surface area contributed by atoms with Crippen LogP contribution in [0.15, 0.2) is 12.2 Å². The predicted octanol–water partition coefficient (Wildman–Crippen LogP) is 0.173. The van der Waals surface area contributed by atoms with Crippen molar-refractivity contribution in [3.05, 3.63) is 12.2 Å². The van der Waals surface area contributed by atoms with E-state index in [1.54, 1.807) is 6.08 Å². The number of piperidine rings is 1. The summed E-state index contributed by atoms with van der Waals surface area (Å²) >= 11 is 0. The Morgan fingerprint density at radius 1 is 1.50 bits per heavy atom. The molecule has 6 nitrogen and oxygen atoms in total. The van der Waals surface area contributed by atoms with Crippen LogP contribution in [0.5, 0.6) is 0 Å². The molecular formula is C9H16NO5P. The van der Waals surface area contributed by atoms with E-state index in [1.165, 1.54) is 6.08 Å². The van der Waals surface area contributed by atoms with E-state index in [4.69, 9.17) is 14.9 Å². The second kappa shape index (κ2) is 5.59. The van der Waals surface area contributed by atoms with Gasteiger partial charge in [-0.3, -0.25) is 9.36 Å². The largest absolute Gasteiger partial charge is 0.480 e. The summed E-state index contributed by atoms with van der Waals surface area (Å²) in [6.07, 6.45) is 4.12. The molecule has 0 saturated carbocycles. The minimum atomic E-state index is -3.99. The van der Waals surface area contributed by atoms with Gasteiger partial charge < -0.3 is 20.2 Å². The Bertz CT molecular complexity index is 324. The lowest BCUT2D eigenvalue weighted by molar-refractivity contribution is -0.140. The molecule has 1 fully saturated rings. The lowest BCUT2D eigenvalue weighted by atomic mass is 9.92. The summed E-state index contributed by atoms with van der Waals surface area (Å²) in [6.45, 7) is 0.613. The molecule has 1 aliphatic rings. The fraction of sp³-hybridized carbons (Fsp3) is 0.667. The van der Waals surface area contributed by atoms with Crippen LogP contribution in [-0.4, -0.2) is 39.6 Å². The fourth-order valence-electron chi connectivity index (χ4n) is 1.70. The topological polar surface area (TPSA) is 107 Å². The molecule has 0 amide bonds. The van der Waals surface area contributed by atoms with Crippen molar-refractivity contribution in [2.24, 2.45) is 5.92 Å². The molecule has 1 saturated heterocycles. The van der Waals surface area contributed by atoms with E-state index in [0.717, 1.165) is 6.42 Å². The van der Waals surface area contributed by atoms with Crippen molar-refractivity contribution in [3.8, 4) is 0 Å². The molecule has 1 heterocycles. The summed E-state index contributed by atoms with van der Waals surface area (Å²) < 4.78 is 10.6. The van der Waals surface area contributed by atoms with Gasteiger partial charge in [-0.15, -0.1) is 0 Å². The Kier molecular flexibility index (Phi) is 4.68. The Morgan fingerprint density at radius 3 is 2.75 bits per heavy atom. The van der Waals surface area contributed by atoms with E-state index in [9.17, 15) is 9.36 Å². The molecule has 4 N–H and O–H groups in total. The van der Waals surface area contributed by atoms with Gasteiger partial charge in [0.05, 0.1) is 6.16 Å². The van der Waals surface area contributed by atoms with Crippen LogP contribution in [0.4, 0.5) is 0 Å². The second-order valence-electron chi connectivity index (χ2n) is 3.90. The summed E-state index contributed by atoms with van der Waals surface area (Å²) in [5.74, 6) is -0.804. The monoisotopic (exact) mass is 249 g/mol. The third kappa shape index (κ3) is 4.90. The highest BCUT2D eigenvalue weighted by Crippen LogP contribution is 2.34. The van der Waals surface area contributed by atoms with Crippen molar-refractivity contribution in [2.75, 3.05) is 12.7 Å². The highest BCUT2D eigenvalue weighted by molar-refractivity contribution is 7.51. The van der Waals surface area contributed by atoms with Gasteiger partial charge in [0, 0.05) is 0 Å². The first-order valence-electron chi connectivity index (χ1n) is 5.06. The SMILES string of the molecule is O=C(O)[C@H]1C[C@@H](C=CCP(=O)(O)O)CCN1. The maximum absolute atomic E-state index is 10.7. The molecule has 1 rings (SSSR count). The first-order valence-corrected chi connectivity index (χ1v) is 6.85. The van der Waals surface area contributed by atoms with Crippen LogP contribution in [-0.2, 0) is 9.36 Å². The molecule has 0 spiro atoms. The lowest BCUT2D eigenvalue weighted by Crippen LogP contribution is -2.43. The molecule has 1 aliphatic heterocycles. The molecule has 0 aromatic heterocycles. The van der Waals surface area contributed by atoms with Crippen LogP contribution in [0.3, 0.4) is 0 Å². The maximum Gasteiger partial charge on any atom is 0.329 e. The van der Waals surface area contributed by atoms with Crippen molar-refractivity contribution in [2.45, 2.75) is 18.9 Å². The smallest absolute Gasteiger partial charge is 0.329 e. The molecule has 0 unspecified atom stereocenters. The van der Waals surface area contributed by atoms with Crippen LogP contribution in [0, 0.1) is 5.92 Å². The molecular weight excluding hydrogens is 233 g/mol. The zero-order valence-corrected chi connectivity index (χ0v) is 9.64. The maximum atomic E-state index is 10.7. The fourth-order valence-corrected chi connectivity index (χ4v) is 2.10. The van der Waals surface area contributed by atoms with Crippen molar-refractivity contribution in [1.29, 1.82) is 0 Å². The van der Waals surface area contributed by atoms with Gasteiger partial charge in [-0.05, 0) is 25.3 Å². The zero-order chi connectivity index (χ0) is 12.2. The van der Waals surface area contributed by atoms with Crippen LogP contribution < -0.4 is 5.32 Å². The van der Waals surface area contributed by atoms with Gasteiger partial charge in [0.15, 0.2) is 0 Å². The average molecular weight is 249 g/mol.